The molecule has 4 nitrogen and oxygen atoms in total. The molecule has 0 saturated carbocycles. The van der Waals surface area contributed by atoms with Gasteiger partial charge in [0.2, 0.25) is 0 Å². The fourth-order valence-electron chi connectivity index (χ4n) is 5.03. The third kappa shape index (κ3) is 5.45. The van der Waals surface area contributed by atoms with Crippen LogP contribution in [0.2, 0.25) is 0 Å². The van der Waals surface area contributed by atoms with E-state index in [4.69, 9.17) is 0 Å². The Morgan fingerprint density at radius 3 is 1.39 bits per heavy atom. The summed E-state index contributed by atoms with van der Waals surface area (Å²) in [5.74, 6) is -0.139. The van der Waals surface area contributed by atoms with E-state index in [0.29, 0.717) is 11.1 Å². The normalized spacial score (nSPS) is 14.4. The first kappa shape index (κ1) is 25.7. The van der Waals surface area contributed by atoms with Gasteiger partial charge in [-0.05, 0) is 108 Å². The largest absolute Gasteiger partial charge is 0.313 e. The molecule has 2 amide bonds. The highest BCUT2D eigenvalue weighted by atomic mass is 33.1. The van der Waals surface area contributed by atoms with Gasteiger partial charge in [-0.25, -0.2) is 0 Å². The predicted molar refractivity (Wildman–Crippen MR) is 162 cm³/mol. The number of fused-ring (bicyclic) bond motifs is 2. The molecule has 0 saturated heterocycles. The van der Waals surface area contributed by atoms with Crippen molar-refractivity contribution < 1.29 is 9.59 Å². The van der Waals surface area contributed by atoms with E-state index in [1.807, 2.05) is 60.7 Å². The predicted octanol–water partition coefficient (Wildman–Crippen LogP) is 8.87. The molecule has 0 unspecified atom stereocenters. The van der Waals surface area contributed by atoms with Crippen molar-refractivity contribution in [3.8, 4) is 0 Å². The maximum atomic E-state index is 13.0. The summed E-state index contributed by atoms with van der Waals surface area (Å²) in [6, 6.07) is 18.8. The Balaban J connectivity index is 1.29. The van der Waals surface area contributed by atoms with Gasteiger partial charge < -0.3 is 10.6 Å². The quantitative estimate of drug-likeness (QED) is 0.216. The molecule has 0 radical (unpaired) electrons. The number of carbonyl (C=O) groups excluding carboxylic acids is 2. The van der Waals surface area contributed by atoms with Crippen LogP contribution >= 0.6 is 44.3 Å². The summed E-state index contributed by atoms with van der Waals surface area (Å²) in [6.07, 6.45) is 9.01. The zero-order chi connectivity index (χ0) is 25.9. The zero-order valence-corrected chi connectivity index (χ0v) is 24.1. The number of nitrogens with one attached hydrogen (secondary N) is 2. The molecule has 0 atom stereocenters. The molecule has 0 bridgehead atoms. The van der Waals surface area contributed by atoms with Crippen LogP contribution < -0.4 is 10.6 Å². The van der Waals surface area contributed by atoms with E-state index < -0.39 is 0 Å². The van der Waals surface area contributed by atoms with Gasteiger partial charge in [-0.1, -0.05) is 36.4 Å². The van der Waals surface area contributed by atoms with Gasteiger partial charge in [0.15, 0.2) is 0 Å². The fraction of sp³-hybridized carbons (Fsp3) is 0.267. The smallest absolute Gasteiger partial charge is 0.256 e. The molecule has 2 aromatic heterocycles. The third-order valence-electron chi connectivity index (χ3n) is 6.98. The molecule has 0 aliphatic heterocycles. The molecule has 194 valence electrons. The summed E-state index contributed by atoms with van der Waals surface area (Å²) in [6.45, 7) is 0. The van der Waals surface area contributed by atoms with E-state index in [0.717, 1.165) is 35.7 Å². The van der Waals surface area contributed by atoms with Crippen molar-refractivity contribution in [3.63, 3.8) is 0 Å². The topological polar surface area (TPSA) is 58.2 Å². The molecule has 2 aliphatic rings. The van der Waals surface area contributed by atoms with E-state index in [2.05, 4.69) is 10.6 Å². The summed E-state index contributed by atoms with van der Waals surface area (Å²) >= 11 is 3.46. The molecule has 2 heterocycles. The molecule has 38 heavy (non-hydrogen) atoms. The molecule has 2 aromatic carbocycles. The first-order chi connectivity index (χ1) is 18.7. The molecule has 6 rings (SSSR count). The monoisotopic (exact) mass is 576 g/mol. The molecule has 2 aliphatic carbocycles. The number of amides is 2. The van der Waals surface area contributed by atoms with Gasteiger partial charge >= 0.3 is 0 Å². The van der Waals surface area contributed by atoms with Crippen LogP contribution in [-0.4, -0.2) is 11.8 Å². The van der Waals surface area contributed by atoms with E-state index in [1.165, 1.54) is 56.4 Å². The lowest BCUT2D eigenvalue weighted by molar-refractivity contribution is 0.101. The van der Waals surface area contributed by atoms with E-state index in [1.54, 1.807) is 44.3 Å². The number of aryl methyl sites for hydroxylation is 2. The van der Waals surface area contributed by atoms with Crippen molar-refractivity contribution in [2.75, 3.05) is 10.6 Å². The first-order valence-corrected chi connectivity index (χ1v) is 16.8. The van der Waals surface area contributed by atoms with Crippen molar-refractivity contribution in [1.29, 1.82) is 0 Å². The Hall–Kier alpha value is -2.52. The second-order valence-electron chi connectivity index (χ2n) is 9.55. The number of anilines is 2. The molecule has 0 fully saturated rings. The van der Waals surface area contributed by atoms with Crippen LogP contribution in [0.3, 0.4) is 0 Å². The van der Waals surface area contributed by atoms with Crippen LogP contribution in [0.15, 0.2) is 70.5 Å². The highest BCUT2D eigenvalue weighted by molar-refractivity contribution is 8.76. The highest BCUT2D eigenvalue weighted by Gasteiger charge is 2.27. The van der Waals surface area contributed by atoms with Crippen LogP contribution in [0.5, 0.6) is 0 Å². The number of hydrogen-bond donors (Lipinski definition) is 2. The van der Waals surface area contributed by atoms with Crippen molar-refractivity contribution in [2.24, 2.45) is 0 Å². The average Bonchev–Trinajstić information content (AvgIpc) is 3.49. The minimum Gasteiger partial charge on any atom is -0.313 e. The second-order valence-corrected chi connectivity index (χ2v) is 13.9. The standard InChI is InChI=1S/C30H28N2O2S4/c33-27(19-11-3-1-4-12-19)31-29-25(21-15-7-9-17-23(21)35-29)37-38-26-22-16-8-10-18-24(22)36-30(26)32-28(34)20-13-5-2-6-14-20/h1-6,11-14H,7-10,15-18H2,(H,31,33)(H,32,34). The van der Waals surface area contributed by atoms with Gasteiger partial charge in [-0.15, -0.1) is 22.7 Å². The van der Waals surface area contributed by atoms with Crippen LogP contribution in [0.4, 0.5) is 10.0 Å². The van der Waals surface area contributed by atoms with Gasteiger partial charge in [0.25, 0.3) is 11.8 Å². The van der Waals surface area contributed by atoms with Gasteiger partial charge in [0.05, 0.1) is 9.79 Å². The molecular weight excluding hydrogens is 549 g/mol. The SMILES string of the molecule is O=C(Nc1sc2c(c1SSc1c(NC(=O)c3ccccc3)sc3c1CCCC3)CCCC2)c1ccccc1. The Kier molecular flexibility index (Phi) is 7.92. The lowest BCUT2D eigenvalue weighted by Gasteiger charge is -2.15. The van der Waals surface area contributed by atoms with Crippen LogP contribution in [-0.2, 0) is 25.7 Å². The van der Waals surface area contributed by atoms with Crippen molar-refractivity contribution in [3.05, 3.63) is 92.7 Å². The summed E-state index contributed by atoms with van der Waals surface area (Å²) in [5.41, 5.74) is 4.11. The Morgan fingerprint density at radius 2 is 0.974 bits per heavy atom. The van der Waals surface area contributed by atoms with Crippen LogP contribution in [0, 0.1) is 0 Å². The molecule has 8 heteroatoms. The molecule has 4 aromatic rings. The first-order valence-electron chi connectivity index (χ1n) is 13.0. The maximum Gasteiger partial charge on any atom is 0.256 e. The summed E-state index contributed by atoms with van der Waals surface area (Å²) in [7, 11) is 3.48. The van der Waals surface area contributed by atoms with Crippen molar-refractivity contribution in [1.82, 2.24) is 0 Å². The van der Waals surface area contributed by atoms with Crippen molar-refractivity contribution in [2.45, 2.75) is 61.2 Å². The van der Waals surface area contributed by atoms with E-state index in [-0.39, 0.29) is 11.8 Å². The minimum absolute atomic E-state index is 0.0697. The zero-order valence-electron chi connectivity index (χ0n) is 20.9. The van der Waals surface area contributed by atoms with E-state index >= 15 is 0 Å². The molecule has 0 spiro atoms. The van der Waals surface area contributed by atoms with E-state index in [9.17, 15) is 9.59 Å². The minimum atomic E-state index is -0.0697. The van der Waals surface area contributed by atoms with Gasteiger partial charge in [-0.3, -0.25) is 9.59 Å². The number of rotatable bonds is 7. The number of hydrogen-bond acceptors (Lipinski definition) is 6. The third-order valence-corrected chi connectivity index (χ3v) is 12.2. The summed E-state index contributed by atoms with van der Waals surface area (Å²) in [4.78, 5) is 31.2. The molecular formula is C30H28N2O2S4. The Morgan fingerprint density at radius 1 is 0.579 bits per heavy atom. The van der Waals surface area contributed by atoms with Gasteiger partial charge in [0.1, 0.15) is 10.0 Å². The Bertz CT molecular complexity index is 1350. The number of thiophene rings is 2. The van der Waals surface area contributed by atoms with Crippen LogP contribution in [0.25, 0.3) is 0 Å². The van der Waals surface area contributed by atoms with Crippen LogP contribution in [0.1, 0.15) is 67.3 Å². The highest BCUT2D eigenvalue weighted by Crippen LogP contribution is 2.54. The van der Waals surface area contributed by atoms with Gasteiger partial charge in [0, 0.05) is 20.9 Å². The summed E-state index contributed by atoms with van der Waals surface area (Å²) < 4.78 is 0. The average molecular weight is 577 g/mol. The Labute approximate surface area is 239 Å². The van der Waals surface area contributed by atoms with Gasteiger partial charge in [-0.2, -0.15) is 0 Å². The maximum absolute atomic E-state index is 13.0. The lowest BCUT2D eigenvalue weighted by Crippen LogP contribution is -2.11. The summed E-state index contributed by atoms with van der Waals surface area (Å²) in [5, 5.41) is 8.34. The second kappa shape index (κ2) is 11.7. The van der Waals surface area contributed by atoms with Crippen molar-refractivity contribution >= 4 is 66.1 Å². The lowest BCUT2D eigenvalue weighted by atomic mass is 9.99. The molecule has 2 N–H and O–H groups in total. The number of benzene rings is 2. The fourth-order valence-corrected chi connectivity index (χ4v) is 11.0. The number of carbonyl (C=O) groups is 2.